The molecule has 6 rings (SSSR count). The molecule has 2 saturated heterocycles. The van der Waals surface area contributed by atoms with Gasteiger partial charge in [0.15, 0.2) is 0 Å². The van der Waals surface area contributed by atoms with E-state index >= 15 is 0 Å². The van der Waals surface area contributed by atoms with Crippen molar-refractivity contribution in [1.29, 1.82) is 0 Å². The molecule has 4 heterocycles. The number of benzene rings is 1. The lowest BCUT2D eigenvalue weighted by Crippen LogP contribution is -2.41. The van der Waals surface area contributed by atoms with Gasteiger partial charge in [0.25, 0.3) is 0 Å². The predicted molar refractivity (Wildman–Crippen MR) is 142 cm³/mol. The number of rotatable bonds is 6. The smallest absolute Gasteiger partial charge is 0.131 e. The standard InChI is InChI=1S/C26H33N7OS/c1-19-17-32(14-15-34-19)25-5-3-4-21(27-25)22-18-33(30-28-22)23-7-6-20(29-35-2)16-24(23)31-12-10-26(8-9-26)11-13-31/h3-7,16,18-19,29H,8-15,17H2,1-2H3. The Bertz CT molecular complexity index is 1180. The highest BCUT2D eigenvalue weighted by Gasteiger charge is 2.44. The molecule has 1 aromatic carbocycles. The number of hydrogen-bond acceptors (Lipinski definition) is 8. The molecule has 8 nitrogen and oxygen atoms in total. The van der Waals surface area contributed by atoms with Gasteiger partial charge in [0.2, 0.25) is 0 Å². The van der Waals surface area contributed by atoms with Crippen LogP contribution in [0.4, 0.5) is 17.2 Å². The third kappa shape index (κ3) is 4.71. The highest BCUT2D eigenvalue weighted by atomic mass is 32.2. The predicted octanol–water partition coefficient (Wildman–Crippen LogP) is 4.62. The zero-order valence-electron chi connectivity index (χ0n) is 20.5. The summed E-state index contributed by atoms with van der Waals surface area (Å²) in [5, 5.41) is 9.04. The van der Waals surface area contributed by atoms with E-state index in [4.69, 9.17) is 9.72 Å². The minimum atomic E-state index is 0.210. The van der Waals surface area contributed by atoms with Gasteiger partial charge in [-0.15, -0.1) is 5.10 Å². The molecule has 3 fully saturated rings. The van der Waals surface area contributed by atoms with Crippen molar-refractivity contribution >= 4 is 29.1 Å². The Hall–Kier alpha value is -2.78. The second kappa shape index (κ2) is 9.35. The molecule has 9 heteroatoms. The molecule has 1 atom stereocenters. The number of nitrogens with one attached hydrogen (secondary N) is 1. The van der Waals surface area contributed by atoms with Crippen molar-refractivity contribution in [2.75, 3.05) is 53.6 Å². The van der Waals surface area contributed by atoms with Crippen LogP contribution in [-0.4, -0.2) is 65.1 Å². The summed E-state index contributed by atoms with van der Waals surface area (Å²) in [5.74, 6) is 0.961. The molecule has 184 valence electrons. The summed E-state index contributed by atoms with van der Waals surface area (Å²) >= 11 is 1.61. The van der Waals surface area contributed by atoms with Gasteiger partial charge < -0.3 is 19.3 Å². The maximum absolute atomic E-state index is 5.69. The minimum absolute atomic E-state index is 0.210. The Morgan fingerprint density at radius 2 is 1.86 bits per heavy atom. The normalized spacial score (nSPS) is 21.4. The van der Waals surface area contributed by atoms with Gasteiger partial charge in [-0.3, -0.25) is 0 Å². The van der Waals surface area contributed by atoms with E-state index in [1.165, 1.54) is 31.4 Å². The first-order chi connectivity index (χ1) is 17.1. The zero-order valence-corrected chi connectivity index (χ0v) is 21.3. The van der Waals surface area contributed by atoms with Gasteiger partial charge in [0.1, 0.15) is 11.5 Å². The number of morpholine rings is 1. The number of piperidine rings is 1. The average Bonchev–Trinajstić information content (AvgIpc) is 3.45. The molecular weight excluding hydrogens is 458 g/mol. The number of anilines is 3. The first kappa shape index (κ1) is 22.7. The number of pyridine rings is 1. The second-order valence-electron chi connectivity index (χ2n) is 10.1. The van der Waals surface area contributed by atoms with Crippen LogP contribution in [0.1, 0.15) is 32.6 Å². The molecule has 1 spiro atoms. The van der Waals surface area contributed by atoms with Crippen LogP contribution >= 0.6 is 11.9 Å². The Balaban J connectivity index is 1.28. The van der Waals surface area contributed by atoms with Crippen LogP contribution in [0.25, 0.3) is 17.1 Å². The van der Waals surface area contributed by atoms with Crippen molar-refractivity contribution in [2.45, 2.75) is 38.7 Å². The molecule has 0 bridgehead atoms. The molecule has 1 unspecified atom stereocenters. The molecule has 3 aliphatic rings. The van der Waals surface area contributed by atoms with Gasteiger partial charge in [-0.05, 0) is 68.4 Å². The van der Waals surface area contributed by atoms with Gasteiger partial charge in [0, 0.05) is 38.1 Å². The first-order valence-corrected chi connectivity index (χ1v) is 13.8. The molecule has 3 aromatic rings. The summed E-state index contributed by atoms with van der Waals surface area (Å²) in [7, 11) is 0. The Morgan fingerprint density at radius 3 is 2.63 bits per heavy atom. The highest BCUT2D eigenvalue weighted by Crippen LogP contribution is 2.54. The summed E-state index contributed by atoms with van der Waals surface area (Å²) in [4.78, 5) is 9.71. The van der Waals surface area contributed by atoms with Gasteiger partial charge in [-0.2, -0.15) is 0 Å². The minimum Gasteiger partial charge on any atom is -0.375 e. The van der Waals surface area contributed by atoms with E-state index in [2.05, 4.69) is 56.0 Å². The van der Waals surface area contributed by atoms with Crippen molar-refractivity contribution in [3.8, 4) is 17.1 Å². The molecule has 2 aliphatic heterocycles. The van der Waals surface area contributed by atoms with Crippen molar-refractivity contribution in [1.82, 2.24) is 20.0 Å². The van der Waals surface area contributed by atoms with E-state index in [0.717, 1.165) is 61.4 Å². The Kier molecular flexibility index (Phi) is 6.06. The monoisotopic (exact) mass is 491 g/mol. The van der Waals surface area contributed by atoms with Crippen molar-refractivity contribution < 1.29 is 4.74 Å². The fourth-order valence-corrected chi connectivity index (χ4v) is 5.68. The van der Waals surface area contributed by atoms with E-state index in [1.807, 2.05) is 29.3 Å². The largest absolute Gasteiger partial charge is 0.375 e. The number of nitrogens with zero attached hydrogens (tertiary/aromatic N) is 6. The summed E-state index contributed by atoms with van der Waals surface area (Å²) in [6, 6.07) is 12.6. The summed E-state index contributed by atoms with van der Waals surface area (Å²) in [6.45, 7) is 6.72. The van der Waals surface area contributed by atoms with E-state index in [-0.39, 0.29) is 6.10 Å². The molecule has 0 radical (unpaired) electrons. The van der Waals surface area contributed by atoms with Crippen LogP contribution in [-0.2, 0) is 4.74 Å². The van der Waals surface area contributed by atoms with Crippen molar-refractivity contribution in [3.05, 3.63) is 42.6 Å². The van der Waals surface area contributed by atoms with Crippen LogP contribution in [0, 0.1) is 5.41 Å². The molecule has 2 aromatic heterocycles. The first-order valence-electron chi connectivity index (χ1n) is 12.6. The zero-order chi connectivity index (χ0) is 23.8. The Labute approximate surface area is 211 Å². The lowest BCUT2D eigenvalue weighted by molar-refractivity contribution is 0.0529. The van der Waals surface area contributed by atoms with E-state index < -0.39 is 0 Å². The van der Waals surface area contributed by atoms with E-state index in [0.29, 0.717) is 5.41 Å². The molecule has 1 aliphatic carbocycles. The maximum atomic E-state index is 5.69. The van der Waals surface area contributed by atoms with Crippen LogP contribution in [0.3, 0.4) is 0 Å². The molecule has 0 amide bonds. The Morgan fingerprint density at radius 1 is 1.00 bits per heavy atom. The third-order valence-electron chi connectivity index (χ3n) is 7.62. The summed E-state index contributed by atoms with van der Waals surface area (Å²) < 4.78 is 11.0. The van der Waals surface area contributed by atoms with Crippen molar-refractivity contribution in [2.24, 2.45) is 5.41 Å². The van der Waals surface area contributed by atoms with Crippen LogP contribution < -0.4 is 14.5 Å². The fraction of sp³-hybridized carbons (Fsp3) is 0.500. The van der Waals surface area contributed by atoms with Gasteiger partial charge in [-0.1, -0.05) is 23.2 Å². The fourth-order valence-electron chi connectivity index (χ4n) is 5.32. The van der Waals surface area contributed by atoms with Crippen molar-refractivity contribution in [3.63, 3.8) is 0 Å². The summed E-state index contributed by atoms with van der Waals surface area (Å²) in [6.07, 6.45) is 9.64. The van der Waals surface area contributed by atoms with Crippen LogP contribution in [0.15, 0.2) is 42.6 Å². The number of ether oxygens (including phenoxy) is 1. The second-order valence-corrected chi connectivity index (χ2v) is 10.7. The van der Waals surface area contributed by atoms with E-state index in [1.54, 1.807) is 11.9 Å². The lowest BCUT2D eigenvalue weighted by Gasteiger charge is -2.35. The average molecular weight is 492 g/mol. The van der Waals surface area contributed by atoms with Gasteiger partial charge >= 0.3 is 0 Å². The quantitative estimate of drug-likeness (QED) is 0.501. The number of hydrogen-bond donors (Lipinski definition) is 1. The van der Waals surface area contributed by atoms with Gasteiger partial charge in [0.05, 0.1) is 36.0 Å². The molecule has 35 heavy (non-hydrogen) atoms. The van der Waals surface area contributed by atoms with Crippen LogP contribution in [0.5, 0.6) is 0 Å². The third-order valence-corrected chi connectivity index (χ3v) is 8.06. The van der Waals surface area contributed by atoms with Gasteiger partial charge in [-0.25, -0.2) is 9.67 Å². The molecular formula is C26H33N7OS. The van der Waals surface area contributed by atoms with E-state index in [9.17, 15) is 0 Å². The SMILES string of the molecule is CSNc1ccc(-n2cc(-c3cccc(N4CCOC(C)C4)n3)nn2)c(N2CCC3(CC2)CC3)c1. The number of aromatic nitrogens is 4. The summed E-state index contributed by atoms with van der Waals surface area (Å²) in [5.41, 5.74) is 5.63. The molecule has 1 N–H and O–H groups in total. The molecule has 1 saturated carbocycles. The highest BCUT2D eigenvalue weighted by molar-refractivity contribution is 7.99. The van der Waals surface area contributed by atoms with Crippen LogP contribution in [0.2, 0.25) is 0 Å². The maximum Gasteiger partial charge on any atom is 0.131 e. The lowest BCUT2D eigenvalue weighted by atomic mass is 9.93. The topological polar surface area (TPSA) is 71.3 Å².